The number of carbonyl (C=O) groups is 2. The van der Waals surface area contributed by atoms with Crippen LogP contribution in [0.5, 0.6) is 0 Å². The minimum Gasteiger partial charge on any atom is -0.444 e. The van der Waals surface area contributed by atoms with Crippen molar-refractivity contribution in [3.05, 3.63) is 36.0 Å². The summed E-state index contributed by atoms with van der Waals surface area (Å²) in [6.45, 7) is 8.05. The number of fused-ring (bicyclic) bond motifs is 1. The molecule has 2 heterocycles. The molecule has 0 spiro atoms. The summed E-state index contributed by atoms with van der Waals surface area (Å²) >= 11 is 0. The molecular weight excluding hydrogens is 316 g/mol. The van der Waals surface area contributed by atoms with Crippen LogP contribution in [0.2, 0.25) is 0 Å². The van der Waals surface area contributed by atoms with Crippen molar-refractivity contribution in [3.8, 4) is 0 Å². The minimum atomic E-state index is -0.450. The molecule has 1 aliphatic rings. The smallest absolute Gasteiger partial charge is 0.410 e. The molecule has 0 bridgehead atoms. The number of nitrogens with zero attached hydrogens (tertiary/aromatic N) is 2. The van der Waals surface area contributed by atoms with Gasteiger partial charge < -0.3 is 14.2 Å². The molecule has 1 aliphatic heterocycles. The summed E-state index contributed by atoms with van der Waals surface area (Å²) in [5, 5.41) is 1.00. The third-order valence-corrected chi connectivity index (χ3v) is 4.70. The number of likely N-dealkylation sites (tertiary alicyclic amines) is 1. The Hall–Kier alpha value is -2.30. The number of benzene rings is 1. The van der Waals surface area contributed by atoms with E-state index in [-0.39, 0.29) is 6.09 Å². The Morgan fingerprint density at radius 2 is 1.96 bits per heavy atom. The third-order valence-electron chi connectivity index (χ3n) is 4.70. The van der Waals surface area contributed by atoms with Crippen molar-refractivity contribution in [1.29, 1.82) is 0 Å². The fourth-order valence-electron chi connectivity index (χ4n) is 3.41. The van der Waals surface area contributed by atoms with Crippen molar-refractivity contribution in [2.45, 2.75) is 45.8 Å². The maximum Gasteiger partial charge on any atom is 0.410 e. The van der Waals surface area contributed by atoms with Gasteiger partial charge in [0, 0.05) is 42.3 Å². The SMILES string of the molecule is CC(C)(C)OC(=O)N1CCC(Cn2ccc3c(C=O)cccc32)CC1. The zero-order chi connectivity index (χ0) is 18.0. The summed E-state index contributed by atoms with van der Waals surface area (Å²) in [7, 11) is 0. The highest BCUT2D eigenvalue weighted by Gasteiger charge is 2.27. The first-order valence-electron chi connectivity index (χ1n) is 8.88. The van der Waals surface area contributed by atoms with E-state index in [1.165, 1.54) is 0 Å². The van der Waals surface area contributed by atoms with E-state index >= 15 is 0 Å². The summed E-state index contributed by atoms with van der Waals surface area (Å²) in [6.07, 6.45) is 4.68. The molecular formula is C20H26N2O3. The second-order valence-corrected chi connectivity index (χ2v) is 7.78. The van der Waals surface area contributed by atoms with Gasteiger partial charge >= 0.3 is 6.09 Å². The number of aromatic nitrogens is 1. The van der Waals surface area contributed by atoms with Crippen molar-refractivity contribution >= 4 is 23.3 Å². The molecule has 0 unspecified atom stereocenters. The molecule has 0 saturated carbocycles. The van der Waals surface area contributed by atoms with Crippen molar-refractivity contribution in [2.24, 2.45) is 5.92 Å². The first-order chi connectivity index (χ1) is 11.9. The lowest BCUT2D eigenvalue weighted by Gasteiger charge is -2.33. The highest BCUT2D eigenvalue weighted by atomic mass is 16.6. The third kappa shape index (κ3) is 4.03. The van der Waals surface area contributed by atoms with Crippen LogP contribution >= 0.6 is 0 Å². The van der Waals surface area contributed by atoms with Gasteiger partial charge in [0.2, 0.25) is 0 Å². The fourth-order valence-corrected chi connectivity index (χ4v) is 3.41. The first kappa shape index (κ1) is 17.5. The van der Waals surface area contributed by atoms with Gasteiger partial charge in [0.1, 0.15) is 5.60 Å². The van der Waals surface area contributed by atoms with Gasteiger partial charge in [-0.2, -0.15) is 0 Å². The number of carbonyl (C=O) groups excluding carboxylic acids is 2. The van der Waals surface area contributed by atoms with Crippen molar-refractivity contribution < 1.29 is 14.3 Å². The number of hydrogen-bond acceptors (Lipinski definition) is 3. The molecule has 1 amide bonds. The molecule has 0 aliphatic carbocycles. The number of piperidine rings is 1. The van der Waals surface area contributed by atoms with Gasteiger partial charge in [0.05, 0.1) is 0 Å². The second-order valence-electron chi connectivity index (χ2n) is 7.78. The van der Waals surface area contributed by atoms with E-state index in [9.17, 15) is 9.59 Å². The van der Waals surface area contributed by atoms with Crippen LogP contribution in [0.15, 0.2) is 30.5 Å². The van der Waals surface area contributed by atoms with Gasteiger partial charge in [-0.25, -0.2) is 4.79 Å². The zero-order valence-electron chi connectivity index (χ0n) is 15.2. The van der Waals surface area contributed by atoms with Gasteiger partial charge in [0.15, 0.2) is 6.29 Å². The quantitative estimate of drug-likeness (QED) is 0.789. The highest BCUT2D eigenvalue weighted by molar-refractivity contribution is 5.97. The maximum absolute atomic E-state index is 12.1. The Balaban J connectivity index is 1.61. The largest absolute Gasteiger partial charge is 0.444 e. The normalized spacial score (nSPS) is 16.2. The minimum absolute atomic E-state index is 0.215. The van der Waals surface area contributed by atoms with Crippen LogP contribution < -0.4 is 0 Å². The molecule has 134 valence electrons. The van der Waals surface area contributed by atoms with E-state index in [4.69, 9.17) is 4.74 Å². The van der Waals surface area contributed by atoms with Crippen LogP contribution in [0, 0.1) is 5.92 Å². The van der Waals surface area contributed by atoms with E-state index in [1.54, 1.807) is 4.90 Å². The van der Waals surface area contributed by atoms with E-state index in [2.05, 4.69) is 16.8 Å². The second kappa shape index (κ2) is 6.90. The molecule has 2 aromatic rings. The van der Waals surface area contributed by atoms with E-state index in [0.717, 1.165) is 55.2 Å². The molecule has 1 aromatic carbocycles. The van der Waals surface area contributed by atoms with Crippen molar-refractivity contribution in [3.63, 3.8) is 0 Å². The molecule has 0 N–H and O–H groups in total. The Bertz CT molecular complexity index is 765. The zero-order valence-corrected chi connectivity index (χ0v) is 15.2. The van der Waals surface area contributed by atoms with Crippen LogP contribution in [-0.4, -0.2) is 40.5 Å². The van der Waals surface area contributed by atoms with Crippen LogP contribution in [0.4, 0.5) is 4.79 Å². The maximum atomic E-state index is 12.1. The Morgan fingerprint density at radius 1 is 1.24 bits per heavy atom. The predicted octanol–water partition coefficient (Wildman–Crippen LogP) is 4.10. The van der Waals surface area contributed by atoms with E-state index in [0.29, 0.717) is 5.92 Å². The molecule has 1 aromatic heterocycles. The first-order valence-corrected chi connectivity index (χ1v) is 8.88. The lowest BCUT2D eigenvalue weighted by molar-refractivity contribution is 0.0178. The van der Waals surface area contributed by atoms with Gasteiger partial charge in [-0.05, 0) is 51.7 Å². The van der Waals surface area contributed by atoms with Crippen molar-refractivity contribution in [2.75, 3.05) is 13.1 Å². The van der Waals surface area contributed by atoms with Crippen molar-refractivity contribution in [1.82, 2.24) is 9.47 Å². The molecule has 1 saturated heterocycles. The van der Waals surface area contributed by atoms with Gasteiger partial charge in [-0.15, -0.1) is 0 Å². The molecule has 5 heteroatoms. The Morgan fingerprint density at radius 3 is 2.60 bits per heavy atom. The molecule has 3 rings (SSSR count). The van der Waals surface area contributed by atoms with E-state index in [1.807, 2.05) is 39.0 Å². The predicted molar refractivity (Wildman–Crippen MR) is 97.9 cm³/mol. The lowest BCUT2D eigenvalue weighted by atomic mass is 9.97. The molecule has 0 radical (unpaired) electrons. The summed E-state index contributed by atoms with van der Waals surface area (Å²) in [4.78, 5) is 25.1. The number of hydrogen-bond donors (Lipinski definition) is 0. The fraction of sp³-hybridized carbons (Fsp3) is 0.500. The molecule has 1 fully saturated rings. The highest BCUT2D eigenvalue weighted by Crippen LogP contribution is 2.25. The lowest BCUT2D eigenvalue weighted by Crippen LogP contribution is -2.42. The number of amides is 1. The number of rotatable bonds is 3. The molecule has 0 atom stereocenters. The van der Waals surface area contributed by atoms with Crippen LogP contribution in [0.1, 0.15) is 44.0 Å². The van der Waals surface area contributed by atoms with Gasteiger partial charge in [-0.1, -0.05) is 12.1 Å². The molecule has 25 heavy (non-hydrogen) atoms. The van der Waals surface area contributed by atoms with Crippen LogP contribution in [-0.2, 0) is 11.3 Å². The summed E-state index contributed by atoms with van der Waals surface area (Å²) in [5.74, 6) is 0.522. The summed E-state index contributed by atoms with van der Waals surface area (Å²) in [6, 6.07) is 7.83. The van der Waals surface area contributed by atoms with Crippen LogP contribution in [0.3, 0.4) is 0 Å². The topological polar surface area (TPSA) is 51.5 Å². The van der Waals surface area contributed by atoms with Crippen LogP contribution in [0.25, 0.3) is 10.9 Å². The Labute approximate surface area is 148 Å². The summed E-state index contributed by atoms with van der Waals surface area (Å²) < 4.78 is 7.67. The number of aldehydes is 1. The summed E-state index contributed by atoms with van der Waals surface area (Å²) in [5.41, 5.74) is 1.38. The van der Waals surface area contributed by atoms with E-state index < -0.39 is 5.60 Å². The number of ether oxygens (including phenoxy) is 1. The Kier molecular flexibility index (Phi) is 4.84. The average Bonchev–Trinajstić information content (AvgIpc) is 2.97. The van der Waals surface area contributed by atoms with Gasteiger partial charge in [-0.3, -0.25) is 4.79 Å². The average molecular weight is 342 g/mol. The standard InChI is InChI=1S/C20H26N2O3/c1-20(2,3)25-19(24)21-10-7-15(8-11-21)13-22-12-9-17-16(14-23)5-4-6-18(17)22/h4-6,9,12,14-15H,7-8,10-11,13H2,1-3H3. The molecule has 5 nitrogen and oxygen atoms in total. The van der Waals surface area contributed by atoms with Gasteiger partial charge in [0.25, 0.3) is 0 Å². The monoisotopic (exact) mass is 342 g/mol.